The molecule has 3 spiro atoms. The molecule has 6 atom stereocenters. The Kier molecular flexibility index (Phi) is 21.5. The van der Waals surface area contributed by atoms with E-state index in [1.165, 1.54) is 53.4 Å². The molecule has 0 radical (unpaired) electrons. The number of halogens is 4. The zero-order chi connectivity index (χ0) is 72.8. The van der Waals surface area contributed by atoms with Gasteiger partial charge < -0.3 is 53.5 Å². The molecule has 0 aromatic heterocycles. The van der Waals surface area contributed by atoms with Gasteiger partial charge in [0.2, 0.25) is 0 Å². The Balaban J connectivity index is 0.000000128. The molecule has 17 nitrogen and oxygen atoms in total. The first-order valence-corrected chi connectivity index (χ1v) is 37.2. The Labute approximate surface area is 608 Å². The van der Waals surface area contributed by atoms with Gasteiger partial charge in [-0.2, -0.15) is 0 Å². The SMILES string of the molecule is CC1(C)OB(c2ccc(C3CC34CCN(C(=O)[C@H]3CCCO3)CC4)cc2)OC1(C)C.O=C(O)c1cccc(-c2ccc([C@@H]3CC34CCN(C(=O)[C@H]3CCCO3)CC4)cc2)c1F.O=C(O)c1cccc(-c2ccc([C@H]3CC34CCN(C(=O)[C@H]3CCCO3)CC4)cc2)c1F.O=C(O)c1cccc(Br)c1F. The summed E-state index contributed by atoms with van der Waals surface area (Å²) in [6, 6.07) is 37.5. The van der Waals surface area contributed by atoms with Crippen molar-refractivity contribution in [1.29, 1.82) is 0 Å². The third-order valence-electron chi connectivity index (χ3n) is 24.1. The summed E-state index contributed by atoms with van der Waals surface area (Å²) in [5, 5.41) is 26.7. The van der Waals surface area contributed by atoms with E-state index in [-0.39, 0.29) is 86.3 Å². The number of likely N-dealkylation sites (tertiary alicyclic amines) is 3. The molecule has 22 heteroatoms. The summed E-state index contributed by atoms with van der Waals surface area (Å²) in [7, 11) is -0.302. The van der Waals surface area contributed by atoms with Gasteiger partial charge in [0.1, 0.15) is 29.9 Å². The van der Waals surface area contributed by atoms with Crippen LogP contribution in [0.4, 0.5) is 13.2 Å². The summed E-state index contributed by atoms with van der Waals surface area (Å²) in [6.45, 7) is 15.4. The fourth-order valence-electron chi connectivity index (χ4n) is 16.7. The number of carbonyl (C=O) groups is 6. The van der Waals surface area contributed by atoms with Gasteiger partial charge in [0.25, 0.3) is 17.7 Å². The lowest BCUT2D eigenvalue weighted by Gasteiger charge is -2.34. The fraction of sp³-hybridized carbons (Fsp3) is 0.481. The van der Waals surface area contributed by atoms with E-state index >= 15 is 0 Å². The number of benzene rings is 6. The van der Waals surface area contributed by atoms with Crippen molar-refractivity contribution in [2.75, 3.05) is 59.1 Å². The number of hydrogen-bond acceptors (Lipinski definition) is 11. The standard InChI is InChI=1S/2C25H26FNO4.C24H34BNO4.C7H4BrFO2/c2*26-22-18(3-1-4-19(22)24(29)30)16-6-8-17(9-7-16)20-15-25(20)10-12-27(13-11-25)23(28)21-5-2-14-31-21;1-22(2)23(3,4)30-25(29-22)18-9-7-17(8-10-18)19-16-24(19)11-13-26(14-12-24)21(27)20-6-5-15-28-20;8-5-3-1-2-4(6(5)9)7(10)11/h2*1,3-4,6-9,20-21H,2,5,10-15H2,(H,29,30);7-10,19-20H,5-6,11-16H2,1-4H3;1-3H,(H,10,11)/t20-,21+;20-,21-;19?,20-;/m011./s1. The van der Waals surface area contributed by atoms with E-state index in [4.69, 9.17) is 38.8 Å². The monoisotopic (exact) mass is 1480 g/mol. The summed E-state index contributed by atoms with van der Waals surface area (Å²) in [6.07, 6.45) is 14.6. The van der Waals surface area contributed by atoms with E-state index in [9.17, 15) is 41.9 Å². The van der Waals surface area contributed by atoms with Crippen molar-refractivity contribution < 1.29 is 80.8 Å². The van der Waals surface area contributed by atoms with E-state index in [0.717, 1.165) is 141 Å². The highest BCUT2D eigenvalue weighted by Crippen LogP contribution is 2.67. The van der Waals surface area contributed by atoms with Crippen LogP contribution >= 0.6 is 15.9 Å². The second kappa shape index (κ2) is 30.0. The first kappa shape index (κ1) is 73.6. The van der Waals surface area contributed by atoms with E-state index in [1.54, 1.807) is 24.3 Å². The van der Waals surface area contributed by atoms with Crippen LogP contribution in [0.3, 0.4) is 0 Å². The first-order chi connectivity index (χ1) is 49.3. The van der Waals surface area contributed by atoms with Gasteiger partial charge in [-0.3, -0.25) is 14.4 Å². The molecule has 0 bridgehead atoms. The van der Waals surface area contributed by atoms with Gasteiger partial charge in [-0.05, 0) is 231 Å². The lowest BCUT2D eigenvalue weighted by atomic mass is 9.78. The van der Waals surface area contributed by atoms with Crippen LogP contribution in [0.1, 0.15) is 190 Å². The molecule has 3 aliphatic carbocycles. The summed E-state index contributed by atoms with van der Waals surface area (Å²) in [4.78, 5) is 76.5. The van der Waals surface area contributed by atoms with Crippen LogP contribution < -0.4 is 5.46 Å². The molecular weight excluding hydrogens is 1390 g/mol. The Morgan fingerprint density at radius 1 is 0.427 bits per heavy atom. The van der Waals surface area contributed by atoms with Crippen molar-refractivity contribution in [2.45, 2.75) is 171 Å². The maximum Gasteiger partial charge on any atom is 0.494 e. The van der Waals surface area contributed by atoms with Crippen LogP contribution in [0.2, 0.25) is 0 Å². The van der Waals surface area contributed by atoms with Crippen LogP contribution in [-0.2, 0) is 37.9 Å². The van der Waals surface area contributed by atoms with Gasteiger partial charge >= 0.3 is 25.0 Å². The van der Waals surface area contributed by atoms with Crippen LogP contribution in [0.5, 0.6) is 0 Å². The highest BCUT2D eigenvalue weighted by molar-refractivity contribution is 9.10. The minimum Gasteiger partial charge on any atom is -0.478 e. The molecule has 6 aromatic rings. The van der Waals surface area contributed by atoms with Gasteiger partial charge in [0.05, 0.1) is 32.4 Å². The summed E-state index contributed by atoms with van der Waals surface area (Å²) in [5.41, 5.74) is 6.28. The molecule has 7 aliphatic heterocycles. The molecule has 1 unspecified atom stereocenters. The quantitative estimate of drug-likeness (QED) is 0.0971. The van der Waals surface area contributed by atoms with Crippen molar-refractivity contribution in [3.8, 4) is 22.3 Å². The highest BCUT2D eigenvalue weighted by atomic mass is 79.9. The number of rotatable bonds is 12. The van der Waals surface area contributed by atoms with Gasteiger partial charge in [0, 0.05) is 70.2 Å². The number of nitrogens with zero attached hydrogens (tertiary/aromatic N) is 3. The normalized spacial score (nSPS) is 24.8. The molecule has 103 heavy (non-hydrogen) atoms. The van der Waals surface area contributed by atoms with Crippen molar-refractivity contribution in [1.82, 2.24) is 14.7 Å². The largest absolute Gasteiger partial charge is 0.494 e. The van der Waals surface area contributed by atoms with Crippen LogP contribution in [0, 0.1) is 33.7 Å². The number of ether oxygens (including phenoxy) is 3. The van der Waals surface area contributed by atoms with Crippen molar-refractivity contribution in [3.05, 3.63) is 183 Å². The molecule has 3 N–H and O–H groups in total. The Morgan fingerprint density at radius 3 is 1.02 bits per heavy atom. The average Bonchev–Trinajstić information content (AvgIpc) is 1.49. The second-order valence-corrected chi connectivity index (χ2v) is 31.5. The molecule has 544 valence electrons. The van der Waals surface area contributed by atoms with E-state index in [0.29, 0.717) is 58.6 Å². The number of hydrogen-bond donors (Lipinski definition) is 3. The zero-order valence-electron chi connectivity index (χ0n) is 58.8. The number of carboxylic acid groups (broad SMARTS) is 3. The first-order valence-electron chi connectivity index (χ1n) is 36.4. The molecule has 3 amide bonds. The fourth-order valence-corrected chi connectivity index (χ4v) is 17.1. The number of amides is 3. The van der Waals surface area contributed by atoms with Crippen molar-refractivity contribution >= 4 is 64.1 Å². The second-order valence-electron chi connectivity index (χ2n) is 30.7. The third kappa shape index (κ3) is 15.5. The Hall–Kier alpha value is -7.73. The average molecular weight is 1480 g/mol. The smallest absolute Gasteiger partial charge is 0.478 e. The van der Waals surface area contributed by atoms with Crippen LogP contribution in [0.25, 0.3) is 22.3 Å². The van der Waals surface area contributed by atoms with Gasteiger partial charge in [-0.1, -0.05) is 103 Å². The Bertz CT molecular complexity index is 3950. The lowest BCUT2D eigenvalue weighted by Crippen LogP contribution is -2.44. The topological polar surface area (TPSA) is 219 Å². The molecule has 3 saturated carbocycles. The van der Waals surface area contributed by atoms with Crippen molar-refractivity contribution in [2.24, 2.45) is 16.2 Å². The lowest BCUT2D eigenvalue weighted by molar-refractivity contribution is -0.143. The van der Waals surface area contributed by atoms with Crippen molar-refractivity contribution in [3.63, 3.8) is 0 Å². The van der Waals surface area contributed by atoms with Crippen LogP contribution in [-0.4, -0.2) is 161 Å². The molecular formula is C81H90BBrF3N3O14. The number of piperidine rings is 3. The summed E-state index contributed by atoms with van der Waals surface area (Å²) in [5.74, 6) is -3.85. The third-order valence-corrected chi connectivity index (χ3v) is 24.8. The van der Waals surface area contributed by atoms with E-state index in [2.05, 4.69) is 67.9 Å². The molecule has 10 aliphatic rings. The minimum atomic E-state index is -1.26. The maximum absolute atomic E-state index is 14.6. The molecule has 10 fully saturated rings. The van der Waals surface area contributed by atoms with Gasteiger partial charge in [0.15, 0.2) is 5.82 Å². The van der Waals surface area contributed by atoms with E-state index < -0.39 is 35.4 Å². The van der Waals surface area contributed by atoms with E-state index in [1.807, 2.05) is 63.2 Å². The predicted octanol–water partition coefficient (Wildman–Crippen LogP) is 14.5. The molecule has 16 rings (SSSR count). The van der Waals surface area contributed by atoms with Gasteiger partial charge in [-0.25, -0.2) is 27.6 Å². The highest BCUT2D eigenvalue weighted by Gasteiger charge is 2.59. The number of aromatic carboxylic acids is 3. The Morgan fingerprint density at radius 2 is 0.728 bits per heavy atom. The summed E-state index contributed by atoms with van der Waals surface area (Å²) >= 11 is 2.88. The zero-order valence-corrected chi connectivity index (χ0v) is 60.4. The number of carboxylic acids is 3. The molecule has 7 heterocycles. The van der Waals surface area contributed by atoms with Crippen LogP contribution in [0.15, 0.2) is 132 Å². The van der Waals surface area contributed by atoms with Gasteiger partial charge in [-0.15, -0.1) is 0 Å². The number of carbonyl (C=O) groups excluding carboxylic acids is 3. The minimum absolute atomic E-state index is 0.152. The predicted molar refractivity (Wildman–Crippen MR) is 385 cm³/mol. The molecule has 6 aromatic carbocycles. The maximum atomic E-state index is 14.6. The molecule has 7 saturated heterocycles. The summed E-state index contributed by atoms with van der Waals surface area (Å²) < 4.78 is 71.2.